The molecule has 2 aliphatic heterocycles. The Labute approximate surface area is 489 Å². The van der Waals surface area contributed by atoms with E-state index in [2.05, 4.69) is 30.9 Å². The average molecular weight is 1220 g/mol. The number of hydrogen-bond acceptors (Lipinski definition) is 22. The first kappa shape index (κ1) is 55.8. The second-order valence-corrected chi connectivity index (χ2v) is 24.6. The van der Waals surface area contributed by atoms with Crippen LogP contribution in [0.4, 0.5) is 0 Å². The van der Waals surface area contributed by atoms with Gasteiger partial charge in [0.2, 0.25) is 11.8 Å². The summed E-state index contributed by atoms with van der Waals surface area (Å²) in [6, 6.07) is 14.7. The summed E-state index contributed by atoms with van der Waals surface area (Å²) < 4.78 is 5.38. The number of methoxy groups -OCH3 is 1. The standard InChI is InChI=1S/C54H46N12O10S6/c1-23-37(67)17-66-42(23)52-62-35(21-81-52)49-59-32(18-78-49)40-28(13-14-29(56-40)48-63-36(22-79-48)54(74)75)47-60-33(19-77-47)44(70)57-30(16-38(55)68)50-65-39(24(2)82-50)46(72)64-41(43(69)26-7-5-4-6-8-26)51-61-34(20-80-51)45(71)58-31(53(66)73)15-25-9-11-27(76-3)12-10-25/h4-14,18-23,30-31,37,41-43,67,69H,15-17H2,1-3H3,(H2,55,68)(H,57,70)(H,58,71)(H,64,72)(H,74,75)/t23-,30-,31-,37-,41-,42-,43+/m0/s1. The topological polar surface area (TPSA) is 328 Å². The molecule has 7 atom stereocenters. The molecule has 22 nitrogen and oxygen atoms in total. The Bertz CT molecular complexity index is 3910. The van der Waals surface area contributed by atoms with E-state index in [4.69, 9.17) is 30.4 Å². The summed E-state index contributed by atoms with van der Waals surface area (Å²) in [6.45, 7) is 3.39. The number of aliphatic hydroxyl groups excluding tert-OH is 2. The smallest absolute Gasteiger partial charge is 0.355 e. The number of benzene rings is 2. The summed E-state index contributed by atoms with van der Waals surface area (Å²) in [7, 11) is 1.53. The highest BCUT2D eigenvalue weighted by molar-refractivity contribution is 7.15. The van der Waals surface area contributed by atoms with Gasteiger partial charge in [-0.25, -0.2) is 39.7 Å². The molecule has 9 aromatic rings. The number of fused-ring (bicyclic) bond motifs is 16. The lowest BCUT2D eigenvalue weighted by molar-refractivity contribution is -0.134. The number of carbonyl (C=O) groups excluding carboxylic acids is 5. The third kappa shape index (κ3) is 11.4. The van der Waals surface area contributed by atoms with Gasteiger partial charge in [-0.2, -0.15) is 0 Å². The van der Waals surface area contributed by atoms with Crippen LogP contribution in [0.5, 0.6) is 5.75 Å². The number of ether oxygens (including phenoxy) is 1. The number of hydrogen-bond donors (Lipinski definition) is 7. The summed E-state index contributed by atoms with van der Waals surface area (Å²) in [5.74, 6) is -4.54. The number of aromatic carboxylic acids is 1. The Balaban J connectivity index is 1.02. The molecule has 7 aromatic heterocycles. The second kappa shape index (κ2) is 23.4. The van der Waals surface area contributed by atoms with Crippen molar-refractivity contribution in [3.63, 3.8) is 0 Å². The van der Waals surface area contributed by atoms with Gasteiger partial charge in [0.25, 0.3) is 17.7 Å². The number of primary amides is 1. The van der Waals surface area contributed by atoms with Crippen LogP contribution in [-0.2, 0) is 16.0 Å². The van der Waals surface area contributed by atoms with E-state index >= 15 is 4.79 Å². The highest BCUT2D eigenvalue weighted by Gasteiger charge is 2.45. The Hall–Kier alpha value is -8.09. The molecule has 1 fully saturated rings. The molecule has 5 amide bonds. The van der Waals surface area contributed by atoms with Gasteiger partial charge in [0.05, 0.1) is 37.4 Å². The van der Waals surface area contributed by atoms with Crippen molar-refractivity contribution < 1.29 is 48.8 Å². The summed E-state index contributed by atoms with van der Waals surface area (Å²) in [5, 5.41) is 51.7. The molecule has 2 aromatic carbocycles. The molecule has 2 aliphatic rings. The molecule has 0 spiro atoms. The first-order chi connectivity index (χ1) is 39.5. The van der Waals surface area contributed by atoms with Crippen molar-refractivity contribution in [2.45, 2.75) is 63.1 Å². The van der Waals surface area contributed by atoms with Gasteiger partial charge >= 0.3 is 5.97 Å². The van der Waals surface area contributed by atoms with Gasteiger partial charge in [-0.05, 0) is 42.3 Å². The highest BCUT2D eigenvalue weighted by atomic mass is 32.1. The summed E-state index contributed by atoms with van der Waals surface area (Å²) in [4.78, 5) is 118. The summed E-state index contributed by atoms with van der Waals surface area (Å²) in [5.41, 5.74) is 8.46. The molecule has 418 valence electrons. The number of nitrogens with one attached hydrogen (secondary N) is 3. The number of carbonyl (C=O) groups is 6. The van der Waals surface area contributed by atoms with Crippen LogP contribution in [0.2, 0.25) is 0 Å². The molecule has 8 N–H and O–H groups in total. The number of nitrogens with two attached hydrogens (primary N) is 1. The molecular formula is C54H46N12O10S6. The van der Waals surface area contributed by atoms with Crippen molar-refractivity contribution in [2.75, 3.05) is 13.7 Å². The first-order valence-corrected chi connectivity index (χ1v) is 30.3. The molecule has 11 rings (SSSR count). The number of rotatable bonds is 9. The normalized spacial score (nSPS) is 19.8. The van der Waals surface area contributed by atoms with Crippen LogP contribution in [0, 0.1) is 12.8 Å². The van der Waals surface area contributed by atoms with Crippen LogP contribution in [0.1, 0.15) is 111 Å². The zero-order valence-electron chi connectivity index (χ0n) is 43.2. The van der Waals surface area contributed by atoms with Crippen LogP contribution in [0.15, 0.2) is 93.6 Å². The van der Waals surface area contributed by atoms with E-state index in [1.165, 1.54) is 50.8 Å². The highest BCUT2D eigenvalue weighted by Crippen LogP contribution is 2.43. The van der Waals surface area contributed by atoms with Crippen LogP contribution >= 0.6 is 68.0 Å². The molecule has 9 heterocycles. The number of carboxylic acids is 1. The van der Waals surface area contributed by atoms with E-state index < -0.39 is 84.2 Å². The SMILES string of the molecule is COc1ccc(C[C@@H]2NC(=O)c3csc(n3)[C@H]([C@H](O)c3ccccc3)NC(=O)c3nc(sc3C)[C@H](CC(N)=O)NC(=O)c3csc(n3)-c3ccc(-c4nc(C(=O)O)cs4)nc3-c3csc(n3)-c3csc(n3)[C@@H]3[C@@H](C)[C@@H](O)CN3C2=O)cc1. The van der Waals surface area contributed by atoms with Crippen molar-refractivity contribution in [3.8, 4) is 49.1 Å². The number of aliphatic hydroxyl groups is 2. The minimum Gasteiger partial charge on any atom is -0.497 e. The van der Waals surface area contributed by atoms with Crippen molar-refractivity contribution in [1.29, 1.82) is 0 Å². The number of thiazole rings is 6. The average Bonchev–Trinajstić information content (AvgIpc) is 4.44. The molecule has 0 unspecified atom stereocenters. The number of aryl methyl sites for hydroxylation is 1. The number of pyridine rings is 1. The van der Waals surface area contributed by atoms with E-state index in [1.54, 1.807) is 84.4 Å². The van der Waals surface area contributed by atoms with E-state index in [-0.39, 0.29) is 45.8 Å². The minimum absolute atomic E-state index is 0.0252. The zero-order valence-corrected chi connectivity index (χ0v) is 48.1. The van der Waals surface area contributed by atoms with E-state index in [0.29, 0.717) is 70.1 Å². The molecule has 1 saturated heterocycles. The molecule has 0 radical (unpaired) electrons. The fraction of sp³-hybridized carbons (Fsp3) is 0.241. The number of aromatic nitrogens is 7. The third-order valence-corrected chi connectivity index (χ3v) is 19.2. The molecule has 0 aliphatic carbocycles. The predicted octanol–water partition coefficient (Wildman–Crippen LogP) is 7.29. The largest absolute Gasteiger partial charge is 0.497 e. The van der Waals surface area contributed by atoms with E-state index in [9.17, 15) is 39.3 Å². The summed E-state index contributed by atoms with van der Waals surface area (Å²) >= 11 is 6.82. The van der Waals surface area contributed by atoms with E-state index in [0.717, 1.165) is 45.3 Å². The fourth-order valence-electron chi connectivity index (χ4n) is 9.42. The van der Waals surface area contributed by atoms with Crippen LogP contribution in [-0.4, -0.2) is 116 Å². The van der Waals surface area contributed by atoms with Crippen LogP contribution < -0.4 is 26.4 Å². The van der Waals surface area contributed by atoms with Gasteiger partial charge in [-0.15, -0.1) is 68.0 Å². The minimum atomic E-state index is -1.40. The number of nitrogens with zero attached hydrogens (tertiary/aromatic N) is 8. The van der Waals surface area contributed by atoms with Crippen molar-refractivity contribution in [2.24, 2.45) is 11.7 Å². The van der Waals surface area contributed by atoms with Crippen LogP contribution in [0.25, 0.3) is 43.4 Å². The van der Waals surface area contributed by atoms with Crippen molar-refractivity contribution in [3.05, 3.63) is 147 Å². The number of amides is 5. The second-order valence-electron chi connectivity index (χ2n) is 19.1. The van der Waals surface area contributed by atoms with Crippen LogP contribution in [0.3, 0.4) is 0 Å². The lowest BCUT2D eigenvalue weighted by Gasteiger charge is -2.29. The number of carboxylic acid groups (broad SMARTS) is 1. The maximum absolute atomic E-state index is 15.2. The molecule has 10 bridgehead atoms. The molecule has 0 saturated carbocycles. The fourth-order valence-corrected chi connectivity index (χ4v) is 14.7. The Kier molecular flexibility index (Phi) is 15.9. The Morgan fingerprint density at radius 2 is 1.34 bits per heavy atom. The van der Waals surface area contributed by atoms with E-state index in [1.807, 2.05) is 6.92 Å². The molecular weight excluding hydrogens is 1170 g/mol. The lowest BCUT2D eigenvalue weighted by Crippen LogP contribution is -2.50. The predicted molar refractivity (Wildman–Crippen MR) is 308 cm³/mol. The Morgan fingerprint density at radius 1 is 0.695 bits per heavy atom. The quantitative estimate of drug-likeness (QED) is 0.0746. The van der Waals surface area contributed by atoms with Gasteiger partial charge in [0.1, 0.15) is 88.1 Å². The Morgan fingerprint density at radius 3 is 2.07 bits per heavy atom. The maximum atomic E-state index is 15.2. The van der Waals surface area contributed by atoms with Gasteiger partial charge < -0.3 is 46.6 Å². The van der Waals surface area contributed by atoms with Gasteiger partial charge in [-0.3, -0.25) is 24.0 Å². The van der Waals surface area contributed by atoms with Gasteiger partial charge in [-0.1, -0.05) is 49.4 Å². The monoisotopic (exact) mass is 1210 g/mol. The van der Waals surface area contributed by atoms with Gasteiger partial charge in [0.15, 0.2) is 5.69 Å². The summed E-state index contributed by atoms with van der Waals surface area (Å²) in [6.07, 6.45) is -2.73. The molecule has 28 heteroatoms. The first-order valence-electron chi connectivity index (χ1n) is 25.1. The third-order valence-electron chi connectivity index (χ3n) is 13.7. The maximum Gasteiger partial charge on any atom is 0.355 e. The zero-order chi connectivity index (χ0) is 57.5. The van der Waals surface area contributed by atoms with Gasteiger partial charge in [0, 0.05) is 56.2 Å². The van der Waals surface area contributed by atoms with Crippen molar-refractivity contribution in [1.82, 2.24) is 55.7 Å². The molecule has 82 heavy (non-hydrogen) atoms. The van der Waals surface area contributed by atoms with Crippen molar-refractivity contribution >= 4 is 104 Å². The lowest BCUT2D eigenvalue weighted by atomic mass is 10.00.